The van der Waals surface area contributed by atoms with Gasteiger partial charge in [-0.05, 0) is 51.8 Å². The van der Waals surface area contributed by atoms with Gasteiger partial charge in [0.2, 0.25) is 5.95 Å². The molecule has 2 nitrogen and oxygen atoms in total. The number of para-hydroxylation sites is 2. The van der Waals surface area contributed by atoms with Crippen LogP contribution < -0.4 is 0 Å². The summed E-state index contributed by atoms with van der Waals surface area (Å²) in [5.74, 6) is -0.538. The van der Waals surface area contributed by atoms with E-state index in [9.17, 15) is 4.39 Å². The van der Waals surface area contributed by atoms with Crippen molar-refractivity contribution in [2.75, 3.05) is 0 Å². The molecule has 0 unspecified atom stereocenters. The summed E-state index contributed by atoms with van der Waals surface area (Å²) >= 11 is 0. The average Bonchev–Trinajstić information content (AvgIpc) is 3.01. The van der Waals surface area contributed by atoms with Crippen LogP contribution in [0.5, 0.6) is 0 Å². The first-order valence-corrected chi connectivity index (χ1v) is 7.85. The first-order valence-electron chi connectivity index (χ1n) is 7.85. The Morgan fingerprint density at radius 3 is 1.84 bits per heavy atom. The van der Waals surface area contributed by atoms with Gasteiger partial charge >= 0.3 is 0 Å². The van der Waals surface area contributed by atoms with Gasteiger partial charge in [-0.3, -0.25) is 0 Å². The van der Waals surface area contributed by atoms with Crippen LogP contribution >= 0.6 is 0 Å². The van der Waals surface area contributed by atoms with Crippen molar-refractivity contribution in [3.8, 4) is 11.1 Å². The third-order valence-electron chi connectivity index (χ3n) is 4.12. The highest BCUT2D eigenvalue weighted by Gasteiger charge is 2.15. The van der Waals surface area contributed by atoms with Crippen molar-refractivity contribution in [1.82, 2.24) is 9.97 Å². The molecule has 0 N–H and O–H groups in total. The molecule has 5 rings (SSSR count). The molecular formula is C21H19FN2Si. The summed E-state index contributed by atoms with van der Waals surface area (Å²) in [7, 11) is 0. The topological polar surface area (TPSA) is 25.8 Å². The first-order chi connectivity index (χ1) is 11.8. The molecular weight excluding hydrogens is 327 g/mol. The van der Waals surface area contributed by atoms with E-state index in [1.807, 2.05) is 6.07 Å². The molecule has 0 fully saturated rings. The van der Waals surface area contributed by atoms with Crippen molar-refractivity contribution in [2.45, 2.75) is 6.42 Å². The fourth-order valence-corrected chi connectivity index (χ4v) is 3.01. The zero-order valence-electron chi connectivity index (χ0n) is 13.0. The predicted molar refractivity (Wildman–Crippen MR) is 106 cm³/mol. The highest BCUT2D eigenvalue weighted by molar-refractivity contribution is 5.76. The fourth-order valence-electron chi connectivity index (χ4n) is 3.01. The van der Waals surface area contributed by atoms with Crippen molar-refractivity contribution in [2.24, 2.45) is 0 Å². The summed E-state index contributed by atoms with van der Waals surface area (Å²) in [5.41, 5.74) is 7.06. The van der Waals surface area contributed by atoms with Crippen LogP contribution in [0, 0.1) is 5.95 Å². The van der Waals surface area contributed by atoms with E-state index in [0.29, 0.717) is 11.0 Å². The number of hydrogen-bond acceptors (Lipinski definition) is 2. The molecule has 0 saturated carbocycles. The molecule has 0 radical (unpaired) electrons. The Hall–Kier alpha value is -2.85. The summed E-state index contributed by atoms with van der Waals surface area (Å²) in [5, 5.41) is 0. The fraction of sp³-hybridized carbons (Fsp3) is 0.0476. The summed E-state index contributed by atoms with van der Waals surface area (Å²) in [6.07, 6.45) is 2.22. The van der Waals surface area contributed by atoms with E-state index in [2.05, 4.69) is 58.5 Å². The number of aromatic nitrogens is 2. The number of benzene rings is 3. The molecule has 4 heteroatoms. The van der Waals surface area contributed by atoms with Crippen molar-refractivity contribution < 1.29 is 4.39 Å². The van der Waals surface area contributed by atoms with Crippen molar-refractivity contribution in [3.63, 3.8) is 0 Å². The maximum absolute atomic E-state index is 12.5. The quantitative estimate of drug-likeness (QED) is 0.401. The summed E-state index contributed by atoms with van der Waals surface area (Å²) in [6, 6.07) is 24.5. The lowest BCUT2D eigenvalue weighted by molar-refractivity contribution is 0.583. The number of fused-ring (bicyclic) bond motifs is 4. The van der Waals surface area contributed by atoms with Gasteiger partial charge in [0.1, 0.15) is 0 Å². The summed E-state index contributed by atoms with van der Waals surface area (Å²) < 4.78 is 12.5. The van der Waals surface area contributed by atoms with Crippen LogP contribution in [-0.4, -0.2) is 20.9 Å². The minimum atomic E-state index is -0.538. The monoisotopic (exact) mass is 346 g/mol. The minimum Gasteiger partial charge on any atom is -0.250 e. The highest BCUT2D eigenvalue weighted by Crippen LogP contribution is 2.35. The first kappa shape index (κ1) is 17.0. The lowest BCUT2D eigenvalue weighted by atomic mass is 10.1. The molecule has 1 aliphatic carbocycles. The normalized spacial score (nSPS) is 10.9. The summed E-state index contributed by atoms with van der Waals surface area (Å²) in [4.78, 5) is 7.49. The van der Waals surface area contributed by atoms with Crippen molar-refractivity contribution in [3.05, 3.63) is 96.1 Å². The SMILES string of the molecule is Fc1cnc2ccccc2n1.[SiH4].c1ccc2c(c1)Cc1ccccc1-2. The van der Waals surface area contributed by atoms with Crippen LogP contribution in [0.2, 0.25) is 0 Å². The Labute approximate surface area is 150 Å². The second-order valence-electron chi connectivity index (χ2n) is 5.67. The maximum atomic E-state index is 12.5. The van der Waals surface area contributed by atoms with E-state index in [4.69, 9.17) is 0 Å². The molecule has 4 aromatic rings. The second-order valence-corrected chi connectivity index (χ2v) is 5.67. The smallest absolute Gasteiger partial charge is 0.231 e. The predicted octanol–water partition coefficient (Wildman–Crippen LogP) is 3.58. The number of hydrogen-bond donors (Lipinski definition) is 0. The zero-order valence-corrected chi connectivity index (χ0v) is 13.0. The van der Waals surface area contributed by atoms with Gasteiger partial charge in [-0.1, -0.05) is 60.7 Å². The Balaban J connectivity index is 0.000000142. The molecule has 0 aliphatic heterocycles. The third-order valence-corrected chi connectivity index (χ3v) is 4.12. The van der Waals surface area contributed by atoms with Crippen molar-refractivity contribution in [1.29, 1.82) is 0 Å². The number of halogens is 1. The van der Waals surface area contributed by atoms with Crippen LogP contribution in [0.3, 0.4) is 0 Å². The van der Waals surface area contributed by atoms with E-state index < -0.39 is 5.95 Å². The maximum Gasteiger partial charge on any atom is 0.231 e. The zero-order chi connectivity index (χ0) is 16.4. The van der Waals surface area contributed by atoms with Gasteiger partial charge < -0.3 is 0 Å². The standard InChI is InChI=1S/C13H10.C8H5FN2.H4Si/c1-3-7-12-10(5-1)9-11-6-2-4-8-13(11)12;9-8-5-10-6-3-1-2-4-7(6)11-8;/h1-8H,9H2;1-5H;1H4. The molecule has 0 spiro atoms. The largest absolute Gasteiger partial charge is 0.250 e. The molecule has 124 valence electrons. The molecule has 1 heterocycles. The minimum absolute atomic E-state index is 0. The third kappa shape index (κ3) is 3.49. The molecule has 0 amide bonds. The summed E-state index contributed by atoms with van der Waals surface area (Å²) in [6.45, 7) is 0. The molecule has 3 aromatic carbocycles. The lowest BCUT2D eigenvalue weighted by Crippen LogP contribution is -1.86. The van der Waals surface area contributed by atoms with Crippen molar-refractivity contribution >= 4 is 22.0 Å². The van der Waals surface area contributed by atoms with E-state index in [1.54, 1.807) is 18.2 Å². The molecule has 1 aliphatic rings. The molecule has 25 heavy (non-hydrogen) atoms. The Morgan fingerprint density at radius 2 is 1.20 bits per heavy atom. The lowest BCUT2D eigenvalue weighted by Gasteiger charge is -1.98. The van der Waals surface area contributed by atoms with E-state index >= 15 is 0 Å². The van der Waals surface area contributed by atoms with Crippen LogP contribution in [0.1, 0.15) is 11.1 Å². The highest BCUT2D eigenvalue weighted by atomic mass is 28.1. The Bertz CT molecular complexity index is 974. The second kappa shape index (κ2) is 7.36. The van der Waals surface area contributed by atoms with Crippen LogP contribution in [0.25, 0.3) is 22.2 Å². The Morgan fingerprint density at radius 1 is 0.680 bits per heavy atom. The van der Waals surface area contributed by atoms with Crippen LogP contribution in [0.15, 0.2) is 79.0 Å². The van der Waals surface area contributed by atoms with Gasteiger partial charge in [-0.25, -0.2) is 9.97 Å². The van der Waals surface area contributed by atoms with Gasteiger partial charge in [-0.15, -0.1) is 0 Å². The van der Waals surface area contributed by atoms with E-state index in [0.717, 1.165) is 12.6 Å². The van der Waals surface area contributed by atoms with Crippen LogP contribution in [-0.2, 0) is 6.42 Å². The van der Waals surface area contributed by atoms with E-state index in [1.165, 1.54) is 22.3 Å². The molecule has 0 bridgehead atoms. The number of nitrogens with zero attached hydrogens (tertiary/aromatic N) is 2. The van der Waals surface area contributed by atoms with Crippen LogP contribution in [0.4, 0.5) is 4.39 Å². The average molecular weight is 346 g/mol. The Kier molecular flexibility index (Phi) is 5.00. The van der Waals surface area contributed by atoms with Gasteiger partial charge in [0.15, 0.2) is 0 Å². The molecule has 0 atom stereocenters. The molecule has 1 aromatic heterocycles. The van der Waals surface area contributed by atoms with Gasteiger partial charge in [0.05, 0.1) is 17.2 Å². The molecule has 0 saturated heterocycles. The van der Waals surface area contributed by atoms with Gasteiger partial charge in [0, 0.05) is 0 Å². The van der Waals surface area contributed by atoms with Gasteiger partial charge in [0.25, 0.3) is 0 Å². The van der Waals surface area contributed by atoms with Gasteiger partial charge in [-0.2, -0.15) is 4.39 Å². The number of rotatable bonds is 0. The van der Waals surface area contributed by atoms with E-state index in [-0.39, 0.29) is 11.0 Å².